The van der Waals surface area contributed by atoms with Crippen LogP contribution in [-0.2, 0) is 0 Å². The lowest BCUT2D eigenvalue weighted by Gasteiger charge is -2.11. The maximum absolute atomic E-state index is 11.1. The number of benzene rings is 1. The number of ether oxygens (including phenoxy) is 1. The summed E-state index contributed by atoms with van der Waals surface area (Å²) in [6.45, 7) is 3.34. The van der Waals surface area contributed by atoms with Crippen LogP contribution < -0.4 is 4.74 Å². The van der Waals surface area contributed by atoms with Gasteiger partial charge in [0.15, 0.2) is 0 Å². The monoisotopic (exact) mass is 273 g/mol. The Morgan fingerprint density at radius 1 is 1.25 bits per heavy atom. The van der Waals surface area contributed by atoms with Crippen molar-refractivity contribution in [3.63, 3.8) is 0 Å². The van der Waals surface area contributed by atoms with Crippen molar-refractivity contribution in [3.05, 3.63) is 41.1 Å². The smallest absolute Gasteiger partial charge is 0.337 e. The van der Waals surface area contributed by atoms with Crippen molar-refractivity contribution in [3.8, 4) is 22.8 Å². The van der Waals surface area contributed by atoms with Crippen LogP contribution in [0, 0.1) is 13.8 Å². The minimum atomic E-state index is -1.01. The van der Waals surface area contributed by atoms with Crippen LogP contribution in [-0.4, -0.2) is 28.3 Å². The number of aryl methyl sites for hydroxylation is 2. The van der Waals surface area contributed by atoms with Gasteiger partial charge in [-0.2, -0.15) is 0 Å². The number of pyridine rings is 1. The summed E-state index contributed by atoms with van der Waals surface area (Å²) in [5.41, 5.74) is 2.22. The van der Waals surface area contributed by atoms with E-state index in [0.717, 1.165) is 0 Å². The van der Waals surface area contributed by atoms with Crippen LogP contribution in [0.15, 0.2) is 24.3 Å². The van der Waals surface area contributed by atoms with Gasteiger partial charge in [0.1, 0.15) is 11.5 Å². The summed E-state index contributed by atoms with van der Waals surface area (Å²) in [4.78, 5) is 15.4. The van der Waals surface area contributed by atoms with Gasteiger partial charge in [0.05, 0.1) is 24.1 Å². The molecule has 0 bridgehead atoms. The van der Waals surface area contributed by atoms with E-state index >= 15 is 0 Å². The highest BCUT2D eigenvalue weighted by Crippen LogP contribution is 2.32. The number of hydrogen-bond acceptors (Lipinski definition) is 4. The summed E-state index contributed by atoms with van der Waals surface area (Å²) in [5, 5.41) is 19.1. The molecule has 0 spiro atoms. The number of carbonyl (C=O) groups is 1. The number of carboxylic acid groups (broad SMARTS) is 1. The van der Waals surface area contributed by atoms with Crippen molar-refractivity contribution in [1.82, 2.24) is 4.98 Å². The fraction of sp³-hybridized carbons (Fsp3) is 0.200. The highest BCUT2D eigenvalue weighted by atomic mass is 16.5. The first kappa shape index (κ1) is 13.9. The van der Waals surface area contributed by atoms with E-state index in [1.165, 1.54) is 13.2 Å². The van der Waals surface area contributed by atoms with E-state index in [4.69, 9.17) is 9.84 Å². The number of aromatic carboxylic acids is 1. The Kier molecular flexibility index (Phi) is 3.61. The SMILES string of the molecule is COc1ccc(O)c(-c2cc(C)c(C(=O)O)c(C)n2)c1. The van der Waals surface area contributed by atoms with Gasteiger partial charge in [0, 0.05) is 5.56 Å². The number of nitrogens with zero attached hydrogens (tertiary/aromatic N) is 1. The highest BCUT2D eigenvalue weighted by molar-refractivity contribution is 5.91. The molecule has 5 nitrogen and oxygen atoms in total. The van der Waals surface area contributed by atoms with E-state index < -0.39 is 5.97 Å². The van der Waals surface area contributed by atoms with Gasteiger partial charge in [-0.1, -0.05) is 0 Å². The molecule has 1 aromatic heterocycles. The summed E-state index contributed by atoms with van der Waals surface area (Å²) >= 11 is 0. The fourth-order valence-electron chi connectivity index (χ4n) is 2.14. The molecule has 1 heterocycles. The van der Waals surface area contributed by atoms with Gasteiger partial charge in [0.25, 0.3) is 0 Å². The van der Waals surface area contributed by atoms with Gasteiger partial charge in [-0.05, 0) is 43.7 Å². The number of phenols is 1. The van der Waals surface area contributed by atoms with Crippen molar-refractivity contribution in [2.24, 2.45) is 0 Å². The van der Waals surface area contributed by atoms with Crippen LogP contribution in [0.3, 0.4) is 0 Å². The van der Waals surface area contributed by atoms with Crippen LogP contribution in [0.1, 0.15) is 21.6 Å². The molecule has 0 amide bonds. The minimum Gasteiger partial charge on any atom is -0.507 e. The van der Waals surface area contributed by atoms with E-state index in [0.29, 0.717) is 28.3 Å². The van der Waals surface area contributed by atoms with Crippen LogP contribution >= 0.6 is 0 Å². The quantitative estimate of drug-likeness (QED) is 0.898. The van der Waals surface area contributed by atoms with Crippen LogP contribution in [0.2, 0.25) is 0 Å². The maximum atomic E-state index is 11.1. The fourth-order valence-corrected chi connectivity index (χ4v) is 2.14. The molecule has 20 heavy (non-hydrogen) atoms. The second-order valence-corrected chi connectivity index (χ2v) is 4.47. The van der Waals surface area contributed by atoms with Gasteiger partial charge in [0.2, 0.25) is 0 Å². The van der Waals surface area contributed by atoms with Gasteiger partial charge >= 0.3 is 5.97 Å². The molecule has 0 fully saturated rings. The zero-order chi connectivity index (χ0) is 14.9. The summed E-state index contributed by atoms with van der Waals surface area (Å²) in [7, 11) is 1.54. The Morgan fingerprint density at radius 3 is 2.50 bits per heavy atom. The molecule has 0 atom stereocenters. The van der Waals surface area contributed by atoms with E-state index in [-0.39, 0.29) is 11.3 Å². The molecule has 2 N–H and O–H groups in total. The number of hydrogen-bond donors (Lipinski definition) is 2. The van der Waals surface area contributed by atoms with Crippen LogP contribution in [0.5, 0.6) is 11.5 Å². The molecule has 2 aromatic rings. The summed E-state index contributed by atoms with van der Waals surface area (Å²) in [6.07, 6.45) is 0. The summed E-state index contributed by atoms with van der Waals surface area (Å²) < 4.78 is 5.12. The molecule has 1 aromatic carbocycles. The number of phenolic OH excluding ortho intramolecular Hbond substituents is 1. The Balaban J connectivity index is 2.62. The third-order valence-electron chi connectivity index (χ3n) is 3.09. The third-order valence-corrected chi connectivity index (χ3v) is 3.09. The molecule has 0 saturated carbocycles. The molecule has 0 saturated heterocycles. The van der Waals surface area contributed by atoms with E-state index in [1.807, 2.05) is 0 Å². The Morgan fingerprint density at radius 2 is 1.95 bits per heavy atom. The van der Waals surface area contributed by atoms with Crippen LogP contribution in [0.25, 0.3) is 11.3 Å². The lowest BCUT2D eigenvalue weighted by atomic mass is 10.0. The standard InChI is InChI=1S/C15H15NO4/c1-8-6-12(16-9(2)14(8)15(18)19)11-7-10(20-3)4-5-13(11)17/h4-7,17H,1-3H3,(H,18,19). The van der Waals surface area contributed by atoms with Crippen molar-refractivity contribution >= 4 is 5.97 Å². The maximum Gasteiger partial charge on any atom is 0.337 e. The molecule has 0 unspecified atom stereocenters. The lowest BCUT2D eigenvalue weighted by molar-refractivity contribution is 0.0695. The Bertz CT molecular complexity index is 657. The number of methoxy groups -OCH3 is 1. The molecule has 0 aliphatic rings. The normalized spacial score (nSPS) is 10.3. The molecular weight excluding hydrogens is 258 g/mol. The molecule has 0 radical (unpaired) electrons. The minimum absolute atomic E-state index is 0.0696. The van der Waals surface area contributed by atoms with Gasteiger partial charge in [-0.25, -0.2) is 4.79 Å². The Hall–Kier alpha value is -2.56. The van der Waals surface area contributed by atoms with E-state index in [9.17, 15) is 9.90 Å². The molecule has 0 aliphatic heterocycles. The molecule has 104 valence electrons. The first-order valence-corrected chi connectivity index (χ1v) is 6.03. The Labute approximate surface area is 116 Å². The van der Waals surface area contributed by atoms with Gasteiger partial charge in [-0.3, -0.25) is 4.98 Å². The molecule has 2 rings (SSSR count). The first-order valence-electron chi connectivity index (χ1n) is 6.03. The van der Waals surface area contributed by atoms with Crippen molar-refractivity contribution in [2.45, 2.75) is 13.8 Å². The van der Waals surface area contributed by atoms with E-state index in [2.05, 4.69) is 4.98 Å². The zero-order valence-corrected chi connectivity index (χ0v) is 11.5. The number of rotatable bonds is 3. The zero-order valence-electron chi connectivity index (χ0n) is 11.5. The molecule has 5 heteroatoms. The summed E-state index contributed by atoms with van der Waals surface area (Å²) in [6, 6.07) is 6.47. The van der Waals surface area contributed by atoms with E-state index in [1.54, 1.807) is 32.0 Å². The van der Waals surface area contributed by atoms with Gasteiger partial charge in [-0.15, -0.1) is 0 Å². The van der Waals surface area contributed by atoms with Crippen molar-refractivity contribution in [2.75, 3.05) is 7.11 Å². The number of aromatic hydroxyl groups is 1. The van der Waals surface area contributed by atoms with Crippen molar-refractivity contribution < 1.29 is 19.7 Å². The lowest BCUT2D eigenvalue weighted by Crippen LogP contribution is -2.05. The number of carboxylic acids is 1. The highest BCUT2D eigenvalue weighted by Gasteiger charge is 2.16. The topological polar surface area (TPSA) is 79.7 Å². The van der Waals surface area contributed by atoms with Crippen molar-refractivity contribution in [1.29, 1.82) is 0 Å². The third kappa shape index (κ3) is 2.42. The second kappa shape index (κ2) is 5.21. The molecular formula is C15H15NO4. The first-order chi connectivity index (χ1) is 9.43. The van der Waals surface area contributed by atoms with Crippen LogP contribution in [0.4, 0.5) is 0 Å². The average Bonchev–Trinajstić information content (AvgIpc) is 2.37. The number of aromatic nitrogens is 1. The second-order valence-electron chi connectivity index (χ2n) is 4.47. The summed E-state index contributed by atoms with van der Waals surface area (Å²) in [5.74, 6) is -0.341. The predicted molar refractivity (Wildman–Crippen MR) is 74.3 cm³/mol. The molecule has 0 aliphatic carbocycles. The average molecular weight is 273 g/mol. The predicted octanol–water partition coefficient (Wildman–Crippen LogP) is 2.78. The largest absolute Gasteiger partial charge is 0.507 e. The van der Waals surface area contributed by atoms with Gasteiger partial charge < -0.3 is 14.9 Å².